The van der Waals surface area contributed by atoms with E-state index in [0.717, 1.165) is 22.5 Å². The van der Waals surface area contributed by atoms with Gasteiger partial charge in [-0.05, 0) is 49.7 Å². The normalized spacial score (nSPS) is 10.6. The maximum absolute atomic E-state index is 12.4. The van der Waals surface area contributed by atoms with Crippen molar-refractivity contribution in [3.63, 3.8) is 0 Å². The molecule has 0 atom stereocenters. The van der Waals surface area contributed by atoms with Crippen LogP contribution in [0.2, 0.25) is 0 Å². The summed E-state index contributed by atoms with van der Waals surface area (Å²) in [6.07, 6.45) is 0. The molecule has 0 fully saturated rings. The van der Waals surface area contributed by atoms with Crippen LogP contribution in [0.1, 0.15) is 37.7 Å². The molecule has 0 aliphatic rings. The first kappa shape index (κ1) is 17.5. The van der Waals surface area contributed by atoms with E-state index in [1.165, 1.54) is 0 Å². The number of fused-ring (bicyclic) bond motifs is 1. The molecule has 2 N–H and O–H groups in total. The number of benzene rings is 2. The van der Waals surface area contributed by atoms with Crippen molar-refractivity contribution in [2.24, 2.45) is 0 Å². The molecule has 6 heteroatoms. The van der Waals surface area contributed by atoms with E-state index in [0.29, 0.717) is 23.2 Å². The first-order valence-electron chi connectivity index (χ1n) is 8.32. The van der Waals surface area contributed by atoms with Gasteiger partial charge in [-0.15, -0.1) is 0 Å². The van der Waals surface area contributed by atoms with Gasteiger partial charge in [0.15, 0.2) is 0 Å². The largest absolute Gasteiger partial charge is 0.355 e. The zero-order valence-electron chi connectivity index (χ0n) is 15.0. The number of nitrogens with zero attached hydrogens (tertiary/aromatic N) is 2. The van der Waals surface area contributed by atoms with Gasteiger partial charge in [0.05, 0.1) is 22.4 Å². The lowest BCUT2D eigenvalue weighted by Gasteiger charge is -2.08. The third-order valence-electron chi connectivity index (χ3n) is 4.23. The highest BCUT2D eigenvalue weighted by Gasteiger charge is 2.09. The van der Waals surface area contributed by atoms with Gasteiger partial charge < -0.3 is 10.6 Å². The van der Waals surface area contributed by atoms with E-state index >= 15 is 0 Å². The SMILES string of the molecule is CNC(=O)c1ccc(CNC(=O)c2ccc3nc(C)c(C)nc3c2)cc1. The summed E-state index contributed by atoms with van der Waals surface area (Å²) in [7, 11) is 1.59. The van der Waals surface area contributed by atoms with E-state index < -0.39 is 0 Å². The minimum Gasteiger partial charge on any atom is -0.355 e. The number of amides is 2. The molecule has 2 amide bonds. The van der Waals surface area contributed by atoms with Crippen LogP contribution >= 0.6 is 0 Å². The topological polar surface area (TPSA) is 84.0 Å². The van der Waals surface area contributed by atoms with E-state index in [2.05, 4.69) is 20.6 Å². The third-order valence-corrected chi connectivity index (χ3v) is 4.23. The Hall–Kier alpha value is -3.28. The number of carbonyl (C=O) groups excluding carboxylic acids is 2. The number of rotatable bonds is 4. The average molecular weight is 348 g/mol. The summed E-state index contributed by atoms with van der Waals surface area (Å²) in [5, 5.41) is 5.46. The molecule has 0 unspecified atom stereocenters. The molecule has 0 radical (unpaired) electrons. The molecule has 0 saturated heterocycles. The van der Waals surface area contributed by atoms with Gasteiger partial charge in [0.2, 0.25) is 0 Å². The second kappa shape index (κ2) is 7.31. The second-order valence-electron chi connectivity index (χ2n) is 6.06. The summed E-state index contributed by atoms with van der Waals surface area (Å²) in [6.45, 7) is 4.19. The van der Waals surface area contributed by atoms with Gasteiger partial charge >= 0.3 is 0 Å². The smallest absolute Gasteiger partial charge is 0.251 e. The van der Waals surface area contributed by atoms with Crippen LogP contribution in [-0.4, -0.2) is 28.8 Å². The maximum Gasteiger partial charge on any atom is 0.251 e. The summed E-state index contributed by atoms with van der Waals surface area (Å²) in [4.78, 5) is 32.9. The van der Waals surface area contributed by atoms with E-state index in [1.54, 1.807) is 31.3 Å². The van der Waals surface area contributed by atoms with Crippen molar-refractivity contribution in [1.29, 1.82) is 0 Å². The summed E-state index contributed by atoms with van der Waals surface area (Å²) in [5.74, 6) is -0.314. The van der Waals surface area contributed by atoms with Crippen molar-refractivity contribution < 1.29 is 9.59 Å². The number of carbonyl (C=O) groups is 2. The van der Waals surface area contributed by atoms with Crippen LogP contribution in [0.5, 0.6) is 0 Å². The lowest BCUT2D eigenvalue weighted by atomic mass is 10.1. The molecule has 2 aromatic carbocycles. The van der Waals surface area contributed by atoms with Crippen LogP contribution in [0, 0.1) is 13.8 Å². The number of aryl methyl sites for hydroxylation is 2. The van der Waals surface area contributed by atoms with Crippen molar-refractivity contribution in [3.05, 3.63) is 70.5 Å². The van der Waals surface area contributed by atoms with Crippen LogP contribution in [0.4, 0.5) is 0 Å². The van der Waals surface area contributed by atoms with Gasteiger partial charge in [-0.2, -0.15) is 0 Å². The molecule has 0 saturated carbocycles. The molecule has 0 spiro atoms. The Bertz CT molecular complexity index is 981. The number of nitrogens with one attached hydrogen (secondary N) is 2. The summed E-state index contributed by atoms with van der Waals surface area (Å²) in [6, 6.07) is 12.4. The summed E-state index contributed by atoms with van der Waals surface area (Å²) < 4.78 is 0. The van der Waals surface area contributed by atoms with Gasteiger partial charge in [-0.3, -0.25) is 9.59 Å². The molecule has 0 aliphatic heterocycles. The van der Waals surface area contributed by atoms with Gasteiger partial charge in [0.25, 0.3) is 11.8 Å². The quantitative estimate of drug-likeness (QED) is 0.759. The molecule has 26 heavy (non-hydrogen) atoms. The number of hydrogen-bond acceptors (Lipinski definition) is 4. The fourth-order valence-electron chi connectivity index (χ4n) is 2.57. The molecule has 0 aliphatic carbocycles. The predicted molar refractivity (Wildman–Crippen MR) is 100 cm³/mol. The predicted octanol–water partition coefficient (Wildman–Crippen LogP) is 2.54. The fourth-order valence-corrected chi connectivity index (χ4v) is 2.57. The van der Waals surface area contributed by atoms with Crippen LogP contribution in [-0.2, 0) is 6.54 Å². The monoisotopic (exact) mass is 348 g/mol. The standard InChI is InChI=1S/C20H20N4O2/c1-12-13(2)24-18-10-16(8-9-17(18)23-12)20(26)22-11-14-4-6-15(7-5-14)19(25)21-3/h4-10H,11H2,1-3H3,(H,21,25)(H,22,26). The van der Waals surface area contributed by atoms with Crippen molar-refractivity contribution in [2.45, 2.75) is 20.4 Å². The van der Waals surface area contributed by atoms with Crippen molar-refractivity contribution >= 4 is 22.8 Å². The summed E-state index contributed by atoms with van der Waals surface area (Å²) >= 11 is 0. The lowest BCUT2D eigenvalue weighted by molar-refractivity contribution is 0.0946. The second-order valence-corrected chi connectivity index (χ2v) is 6.06. The summed E-state index contributed by atoms with van der Waals surface area (Å²) in [5.41, 5.74) is 5.25. The van der Waals surface area contributed by atoms with Crippen molar-refractivity contribution in [2.75, 3.05) is 7.05 Å². The minimum absolute atomic E-state index is 0.136. The third kappa shape index (κ3) is 3.69. The Morgan fingerprint density at radius 1 is 0.846 bits per heavy atom. The Morgan fingerprint density at radius 3 is 2.12 bits per heavy atom. The van der Waals surface area contributed by atoms with Crippen LogP contribution < -0.4 is 10.6 Å². The molecular formula is C20H20N4O2. The van der Waals surface area contributed by atoms with Gasteiger partial charge in [-0.1, -0.05) is 12.1 Å². The molecular weight excluding hydrogens is 328 g/mol. The number of hydrogen-bond donors (Lipinski definition) is 2. The molecule has 3 rings (SSSR count). The van der Waals surface area contributed by atoms with Gasteiger partial charge in [-0.25, -0.2) is 9.97 Å². The zero-order chi connectivity index (χ0) is 18.7. The van der Waals surface area contributed by atoms with E-state index in [4.69, 9.17) is 0 Å². The van der Waals surface area contributed by atoms with Crippen LogP contribution in [0.25, 0.3) is 11.0 Å². The molecule has 1 aromatic heterocycles. The van der Waals surface area contributed by atoms with Crippen LogP contribution in [0.3, 0.4) is 0 Å². The molecule has 0 bridgehead atoms. The highest BCUT2D eigenvalue weighted by Crippen LogP contribution is 2.14. The Labute approximate surface area is 151 Å². The zero-order valence-corrected chi connectivity index (χ0v) is 15.0. The average Bonchev–Trinajstić information content (AvgIpc) is 2.66. The lowest BCUT2D eigenvalue weighted by Crippen LogP contribution is -2.23. The van der Waals surface area contributed by atoms with Crippen molar-refractivity contribution in [3.8, 4) is 0 Å². The van der Waals surface area contributed by atoms with Crippen LogP contribution in [0.15, 0.2) is 42.5 Å². The Balaban J connectivity index is 1.71. The molecule has 3 aromatic rings. The highest BCUT2D eigenvalue weighted by atomic mass is 16.2. The first-order valence-corrected chi connectivity index (χ1v) is 8.32. The molecule has 1 heterocycles. The molecule has 6 nitrogen and oxygen atoms in total. The van der Waals surface area contributed by atoms with E-state index in [1.807, 2.05) is 32.0 Å². The highest BCUT2D eigenvalue weighted by molar-refractivity contribution is 5.97. The molecule has 132 valence electrons. The number of aromatic nitrogens is 2. The van der Waals surface area contributed by atoms with E-state index in [-0.39, 0.29) is 11.8 Å². The maximum atomic E-state index is 12.4. The van der Waals surface area contributed by atoms with Gasteiger partial charge in [0.1, 0.15) is 0 Å². The van der Waals surface area contributed by atoms with Crippen molar-refractivity contribution in [1.82, 2.24) is 20.6 Å². The van der Waals surface area contributed by atoms with E-state index in [9.17, 15) is 9.59 Å². The minimum atomic E-state index is -0.178. The van der Waals surface area contributed by atoms with Gasteiger partial charge in [0, 0.05) is 24.7 Å². The Kier molecular flexibility index (Phi) is 4.93. The first-order chi connectivity index (χ1) is 12.5. The Morgan fingerprint density at radius 2 is 1.46 bits per heavy atom. The fraction of sp³-hybridized carbons (Fsp3) is 0.200.